The van der Waals surface area contributed by atoms with E-state index >= 15 is 0 Å². The molecule has 0 radical (unpaired) electrons. The Morgan fingerprint density at radius 3 is 2.89 bits per heavy atom. The summed E-state index contributed by atoms with van der Waals surface area (Å²) in [4.78, 5) is 11.6. The summed E-state index contributed by atoms with van der Waals surface area (Å²) in [7, 11) is 0. The third-order valence-electron chi connectivity index (χ3n) is 2.75. The first-order chi connectivity index (χ1) is 8.79. The van der Waals surface area contributed by atoms with Crippen LogP contribution in [-0.2, 0) is 4.79 Å². The lowest BCUT2D eigenvalue weighted by Crippen LogP contribution is -2.11. The Morgan fingerprint density at radius 1 is 1.39 bits per heavy atom. The van der Waals surface area contributed by atoms with Crippen molar-refractivity contribution < 1.29 is 4.79 Å². The fraction of sp³-hybridized carbons (Fsp3) is 0.500. The summed E-state index contributed by atoms with van der Waals surface area (Å²) >= 11 is 4.01. The van der Waals surface area contributed by atoms with E-state index in [1.165, 1.54) is 23.5 Å². The maximum Gasteiger partial charge on any atom is 0.224 e. The lowest BCUT2D eigenvalue weighted by molar-refractivity contribution is -0.116. The maximum absolute atomic E-state index is 11.6. The Kier molecular flexibility index (Phi) is 5.45. The highest BCUT2D eigenvalue weighted by Gasteiger charge is 2.16. The third kappa shape index (κ3) is 3.95. The highest BCUT2D eigenvalue weighted by molar-refractivity contribution is 8.16. The van der Waals surface area contributed by atoms with Crippen LogP contribution in [0.4, 0.5) is 5.69 Å². The fourth-order valence-corrected chi connectivity index (χ4v) is 4.77. The molecule has 1 aliphatic heterocycles. The molecule has 0 unspecified atom stereocenters. The molecule has 1 fully saturated rings. The molecule has 1 saturated heterocycles. The van der Waals surface area contributed by atoms with Gasteiger partial charge in [0.2, 0.25) is 5.91 Å². The van der Waals surface area contributed by atoms with Crippen molar-refractivity contribution in [1.82, 2.24) is 0 Å². The summed E-state index contributed by atoms with van der Waals surface area (Å²) in [6.07, 6.45) is 2.79. The first kappa shape index (κ1) is 13.8. The molecule has 0 aromatic heterocycles. The lowest BCUT2D eigenvalue weighted by atomic mass is 10.2. The summed E-state index contributed by atoms with van der Waals surface area (Å²) < 4.78 is 0.529. The van der Waals surface area contributed by atoms with E-state index in [-0.39, 0.29) is 5.91 Å². The van der Waals surface area contributed by atoms with Gasteiger partial charge in [-0.2, -0.15) is 0 Å². The van der Waals surface area contributed by atoms with Gasteiger partial charge in [-0.25, -0.2) is 0 Å². The zero-order valence-electron chi connectivity index (χ0n) is 10.6. The van der Waals surface area contributed by atoms with Gasteiger partial charge in [-0.15, -0.1) is 23.5 Å². The van der Waals surface area contributed by atoms with Gasteiger partial charge in [-0.05, 0) is 42.0 Å². The van der Waals surface area contributed by atoms with Gasteiger partial charge < -0.3 is 5.32 Å². The molecule has 1 aliphatic rings. The molecule has 1 aromatic carbocycles. The molecule has 0 atom stereocenters. The van der Waals surface area contributed by atoms with Crippen LogP contribution in [0.2, 0.25) is 0 Å². The minimum Gasteiger partial charge on any atom is -0.326 e. The van der Waals surface area contributed by atoms with Crippen LogP contribution in [0, 0.1) is 0 Å². The van der Waals surface area contributed by atoms with Crippen molar-refractivity contribution in [3.8, 4) is 0 Å². The molecule has 0 aliphatic carbocycles. The van der Waals surface area contributed by atoms with Gasteiger partial charge >= 0.3 is 0 Å². The van der Waals surface area contributed by atoms with Gasteiger partial charge in [0, 0.05) is 12.1 Å². The Bertz CT molecular complexity index is 403. The molecule has 1 amide bonds. The maximum atomic E-state index is 11.6. The van der Waals surface area contributed by atoms with Crippen molar-refractivity contribution in [3.63, 3.8) is 0 Å². The van der Waals surface area contributed by atoms with Gasteiger partial charge in [0.25, 0.3) is 0 Å². The SMILES string of the molecule is CCCC(=O)Nc1cccc(C2SCCCS2)c1. The number of rotatable bonds is 4. The molecule has 2 nitrogen and oxygen atoms in total. The molecule has 98 valence electrons. The third-order valence-corrected chi connectivity index (χ3v) is 5.76. The van der Waals surface area contributed by atoms with Crippen LogP contribution < -0.4 is 5.32 Å². The monoisotopic (exact) mass is 281 g/mol. The van der Waals surface area contributed by atoms with E-state index in [0.717, 1.165) is 12.1 Å². The molecule has 1 aromatic rings. The molecule has 1 heterocycles. The number of anilines is 1. The van der Waals surface area contributed by atoms with E-state index in [4.69, 9.17) is 0 Å². The number of hydrogen-bond donors (Lipinski definition) is 1. The minimum atomic E-state index is 0.110. The second-order valence-corrected chi connectivity index (χ2v) is 7.08. The van der Waals surface area contributed by atoms with Crippen LogP contribution in [0.5, 0.6) is 0 Å². The van der Waals surface area contributed by atoms with Gasteiger partial charge in [-0.3, -0.25) is 4.79 Å². The highest BCUT2D eigenvalue weighted by atomic mass is 32.2. The van der Waals surface area contributed by atoms with Crippen LogP contribution in [0.3, 0.4) is 0 Å². The van der Waals surface area contributed by atoms with E-state index in [9.17, 15) is 4.79 Å². The molecule has 0 bridgehead atoms. The number of hydrogen-bond acceptors (Lipinski definition) is 3. The predicted octanol–water partition coefficient (Wildman–Crippen LogP) is 4.29. The van der Waals surface area contributed by atoms with Crippen LogP contribution in [-0.4, -0.2) is 17.4 Å². The second kappa shape index (κ2) is 7.10. The quantitative estimate of drug-likeness (QED) is 0.892. The number of thioether (sulfide) groups is 2. The van der Waals surface area contributed by atoms with Crippen LogP contribution in [0.1, 0.15) is 36.3 Å². The topological polar surface area (TPSA) is 29.1 Å². The zero-order chi connectivity index (χ0) is 12.8. The van der Waals surface area contributed by atoms with Crippen molar-refractivity contribution in [3.05, 3.63) is 29.8 Å². The molecule has 0 saturated carbocycles. The van der Waals surface area contributed by atoms with Gasteiger partial charge in [0.05, 0.1) is 4.58 Å². The number of amides is 1. The zero-order valence-corrected chi connectivity index (χ0v) is 12.3. The van der Waals surface area contributed by atoms with Crippen molar-refractivity contribution >= 4 is 35.1 Å². The lowest BCUT2D eigenvalue weighted by Gasteiger charge is -2.21. The number of benzene rings is 1. The van der Waals surface area contributed by atoms with Crippen molar-refractivity contribution in [2.24, 2.45) is 0 Å². The molecular weight excluding hydrogens is 262 g/mol. The summed E-state index contributed by atoms with van der Waals surface area (Å²) in [5.74, 6) is 2.59. The van der Waals surface area contributed by atoms with Crippen LogP contribution in [0.25, 0.3) is 0 Å². The van der Waals surface area contributed by atoms with Crippen LogP contribution >= 0.6 is 23.5 Å². The summed E-state index contributed by atoms with van der Waals surface area (Å²) in [5.41, 5.74) is 2.25. The van der Waals surface area contributed by atoms with Gasteiger partial charge in [-0.1, -0.05) is 19.1 Å². The number of nitrogens with one attached hydrogen (secondary N) is 1. The highest BCUT2D eigenvalue weighted by Crippen LogP contribution is 2.43. The Morgan fingerprint density at radius 2 is 2.17 bits per heavy atom. The molecule has 18 heavy (non-hydrogen) atoms. The van der Waals surface area contributed by atoms with E-state index in [0.29, 0.717) is 11.0 Å². The largest absolute Gasteiger partial charge is 0.326 e. The molecule has 1 N–H and O–H groups in total. The standard InChI is InChI=1S/C14H19NOS2/c1-2-5-13(16)15-12-7-3-6-11(10-12)14-17-8-4-9-18-14/h3,6-7,10,14H,2,4-5,8-9H2,1H3,(H,15,16). The number of carbonyl (C=O) groups is 1. The minimum absolute atomic E-state index is 0.110. The normalized spacial score (nSPS) is 16.5. The fourth-order valence-electron chi connectivity index (χ4n) is 1.89. The molecule has 4 heteroatoms. The summed E-state index contributed by atoms with van der Waals surface area (Å²) in [6, 6.07) is 8.27. The summed E-state index contributed by atoms with van der Waals surface area (Å²) in [6.45, 7) is 2.02. The van der Waals surface area contributed by atoms with E-state index < -0.39 is 0 Å². The Hall–Kier alpha value is -0.610. The Balaban J connectivity index is 2.02. The molecule has 0 spiro atoms. The van der Waals surface area contributed by atoms with Crippen molar-refractivity contribution in [2.75, 3.05) is 16.8 Å². The average Bonchev–Trinajstić information content (AvgIpc) is 2.40. The predicted molar refractivity (Wildman–Crippen MR) is 82.3 cm³/mol. The molecular formula is C14H19NOS2. The van der Waals surface area contributed by atoms with E-state index in [1.54, 1.807) is 0 Å². The Labute approximate surface area is 117 Å². The van der Waals surface area contributed by atoms with E-state index in [1.807, 2.05) is 42.6 Å². The van der Waals surface area contributed by atoms with Gasteiger partial charge in [0.15, 0.2) is 0 Å². The number of carbonyl (C=O) groups excluding carboxylic acids is 1. The second-order valence-electron chi connectivity index (χ2n) is 4.35. The van der Waals surface area contributed by atoms with Gasteiger partial charge in [0.1, 0.15) is 0 Å². The smallest absolute Gasteiger partial charge is 0.224 e. The van der Waals surface area contributed by atoms with Crippen molar-refractivity contribution in [2.45, 2.75) is 30.8 Å². The summed E-state index contributed by atoms with van der Waals surface area (Å²) in [5, 5.41) is 2.96. The van der Waals surface area contributed by atoms with E-state index in [2.05, 4.69) is 17.4 Å². The molecule has 2 rings (SSSR count). The first-order valence-electron chi connectivity index (χ1n) is 6.42. The van der Waals surface area contributed by atoms with Crippen molar-refractivity contribution in [1.29, 1.82) is 0 Å². The first-order valence-corrected chi connectivity index (χ1v) is 8.52. The van der Waals surface area contributed by atoms with Crippen LogP contribution in [0.15, 0.2) is 24.3 Å². The average molecular weight is 281 g/mol.